The molecular formula is C13H14N2O3. The van der Waals surface area contributed by atoms with E-state index < -0.39 is 0 Å². The molecule has 1 amide bonds. The van der Waals surface area contributed by atoms with E-state index in [1.165, 1.54) is 19.3 Å². The molecule has 94 valence electrons. The molecule has 5 heteroatoms. The molecule has 0 fully saturated rings. The summed E-state index contributed by atoms with van der Waals surface area (Å²) in [7, 11) is 0. The van der Waals surface area contributed by atoms with Crippen molar-refractivity contribution in [1.82, 2.24) is 10.3 Å². The molecule has 0 aliphatic rings. The molecule has 0 aliphatic heterocycles. The lowest BCUT2D eigenvalue weighted by molar-refractivity contribution is -0.119. The molecule has 0 aromatic carbocycles. The van der Waals surface area contributed by atoms with E-state index in [0.717, 1.165) is 5.69 Å². The number of rotatable bonds is 3. The molecule has 2 heterocycles. The minimum atomic E-state index is -0.180. The number of amides is 1. The average molecular weight is 246 g/mol. The average Bonchev–Trinajstić information content (AvgIpc) is 2.79. The van der Waals surface area contributed by atoms with E-state index >= 15 is 0 Å². The number of carbonyl (C=O) groups is 1. The highest BCUT2D eigenvalue weighted by molar-refractivity contribution is 5.73. The fourth-order valence-corrected chi connectivity index (χ4v) is 1.74. The maximum absolute atomic E-state index is 12.0. The van der Waals surface area contributed by atoms with E-state index in [1.807, 2.05) is 0 Å². The Bertz CT molecular complexity index is 612. The van der Waals surface area contributed by atoms with Crippen LogP contribution in [0.15, 0.2) is 33.7 Å². The van der Waals surface area contributed by atoms with Gasteiger partial charge in [0.2, 0.25) is 5.91 Å². The van der Waals surface area contributed by atoms with Crippen molar-refractivity contribution in [2.75, 3.05) is 0 Å². The fourth-order valence-electron chi connectivity index (χ4n) is 1.74. The molecule has 2 aromatic heterocycles. The van der Waals surface area contributed by atoms with Crippen LogP contribution >= 0.6 is 0 Å². The van der Waals surface area contributed by atoms with E-state index in [4.69, 9.17) is 4.42 Å². The van der Waals surface area contributed by atoms with Gasteiger partial charge in [-0.1, -0.05) is 0 Å². The fraction of sp³-hybridized carbons (Fsp3) is 0.231. The number of hydrogen-bond donors (Lipinski definition) is 2. The molecule has 5 nitrogen and oxygen atoms in total. The van der Waals surface area contributed by atoms with Crippen molar-refractivity contribution in [1.29, 1.82) is 0 Å². The molecule has 2 aromatic rings. The predicted octanol–water partition coefficient (Wildman–Crippen LogP) is 1.58. The predicted molar refractivity (Wildman–Crippen MR) is 67.0 cm³/mol. The topological polar surface area (TPSA) is 75.1 Å². The van der Waals surface area contributed by atoms with Crippen LogP contribution in [-0.2, 0) is 11.3 Å². The maximum atomic E-state index is 12.0. The summed E-state index contributed by atoms with van der Waals surface area (Å²) in [4.78, 5) is 26.0. The summed E-state index contributed by atoms with van der Waals surface area (Å²) in [5.41, 5.74) is 1.73. The van der Waals surface area contributed by atoms with Crippen LogP contribution in [0.3, 0.4) is 0 Å². The molecule has 0 saturated carbocycles. The van der Waals surface area contributed by atoms with Gasteiger partial charge in [-0.2, -0.15) is 0 Å². The number of aromatic amines is 1. The first-order valence-electron chi connectivity index (χ1n) is 5.59. The number of H-pyrrole nitrogens is 1. The van der Waals surface area contributed by atoms with Crippen LogP contribution in [0.5, 0.6) is 0 Å². The van der Waals surface area contributed by atoms with Gasteiger partial charge < -0.3 is 14.7 Å². The van der Waals surface area contributed by atoms with Crippen LogP contribution in [-0.4, -0.2) is 10.9 Å². The lowest BCUT2D eigenvalue weighted by Crippen LogP contribution is -2.24. The molecule has 0 saturated heterocycles. The second-order valence-electron chi connectivity index (χ2n) is 4.06. The quantitative estimate of drug-likeness (QED) is 0.863. The second-order valence-corrected chi connectivity index (χ2v) is 4.06. The third kappa shape index (κ3) is 2.51. The van der Waals surface area contributed by atoms with Crippen LogP contribution in [0.1, 0.15) is 18.2 Å². The highest BCUT2D eigenvalue weighted by atomic mass is 16.3. The number of carbonyl (C=O) groups excluding carboxylic acids is 1. The largest absolute Gasteiger partial charge is 0.463 e. The van der Waals surface area contributed by atoms with Gasteiger partial charge >= 0.3 is 0 Å². The lowest BCUT2D eigenvalue weighted by atomic mass is 10.1. The van der Waals surface area contributed by atoms with Crippen LogP contribution in [0.2, 0.25) is 0 Å². The monoisotopic (exact) mass is 246 g/mol. The highest BCUT2D eigenvalue weighted by Crippen LogP contribution is 2.20. The van der Waals surface area contributed by atoms with Crippen molar-refractivity contribution in [3.63, 3.8) is 0 Å². The second kappa shape index (κ2) is 4.91. The van der Waals surface area contributed by atoms with Crippen molar-refractivity contribution in [2.24, 2.45) is 0 Å². The number of nitrogens with one attached hydrogen (secondary N) is 2. The van der Waals surface area contributed by atoms with Gasteiger partial charge in [-0.3, -0.25) is 9.59 Å². The van der Waals surface area contributed by atoms with E-state index in [0.29, 0.717) is 17.0 Å². The summed E-state index contributed by atoms with van der Waals surface area (Å²) in [5, 5.41) is 2.62. The van der Waals surface area contributed by atoms with E-state index in [2.05, 4.69) is 10.3 Å². The Balaban J connectivity index is 2.49. The van der Waals surface area contributed by atoms with Crippen molar-refractivity contribution in [2.45, 2.75) is 20.4 Å². The first-order valence-corrected chi connectivity index (χ1v) is 5.59. The molecule has 2 rings (SSSR count). The van der Waals surface area contributed by atoms with Crippen LogP contribution in [0.25, 0.3) is 11.5 Å². The lowest BCUT2D eigenvalue weighted by Gasteiger charge is -2.08. The van der Waals surface area contributed by atoms with Crippen molar-refractivity contribution in [3.05, 3.63) is 45.9 Å². The Morgan fingerprint density at radius 3 is 2.89 bits per heavy atom. The molecule has 0 bridgehead atoms. The zero-order chi connectivity index (χ0) is 13.1. The molecule has 0 aliphatic carbocycles. The van der Waals surface area contributed by atoms with Crippen molar-refractivity contribution >= 4 is 5.91 Å². The van der Waals surface area contributed by atoms with Crippen LogP contribution < -0.4 is 10.7 Å². The molecular weight excluding hydrogens is 232 g/mol. The molecule has 18 heavy (non-hydrogen) atoms. The van der Waals surface area contributed by atoms with E-state index in [1.54, 1.807) is 19.1 Å². The molecule has 0 atom stereocenters. The minimum Gasteiger partial charge on any atom is -0.463 e. The maximum Gasteiger partial charge on any atom is 0.217 e. The summed E-state index contributed by atoms with van der Waals surface area (Å²) in [6, 6.07) is 5.02. The van der Waals surface area contributed by atoms with E-state index in [9.17, 15) is 9.59 Å². The number of pyridine rings is 1. The van der Waals surface area contributed by atoms with Gasteiger partial charge in [-0.05, 0) is 19.1 Å². The first kappa shape index (κ1) is 12.2. The Morgan fingerprint density at radius 1 is 1.50 bits per heavy atom. The number of hydrogen-bond acceptors (Lipinski definition) is 3. The van der Waals surface area contributed by atoms with Gasteiger partial charge in [0, 0.05) is 30.8 Å². The number of aryl methyl sites for hydroxylation is 1. The zero-order valence-electron chi connectivity index (χ0n) is 10.2. The molecule has 0 unspecified atom stereocenters. The summed E-state index contributed by atoms with van der Waals surface area (Å²) in [6.07, 6.45) is 1.54. The molecule has 0 spiro atoms. The molecule has 2 N–H and O–H groups in total. The Hall–Kier alpha value is -2.30. The number of furan rings is 1. The van der Waals surface area contributed by atoms with Gasteiger partial charge in [-0.15, -0.1) is 0 Å². The van der Waals surface area contributed by atoms with Gasteiger partial charge in [-0.25, -0.2) is 0 Å². The highest BCUT2D eigenvalue weighted by Gasteiger charge is 2.12. The van der Waals surface area contributed by atoms with Crippen LogP contribution in [0, 0.1) is 6.92 Å². The summed E-state index contributed by atoms with van der Waals surface area (Å²) < 4.78 is 5.29. The Morgan fingerprint density at radius 2 is 2.28 bits per heavy atom. The Kier molecular flexibility index (Phi) is 3.32. The zero-order valence-corrected chi connectivity index (χ0v) is 10.2. The normalized spacial score (nSPS) is 10.3. The van der Waals surface area contributed by atoms with Gasteiger partial charge in [0.1, 0.15) is 0 Å². The number of aromatic nitrogens is 1. The summed E-state index contributed by atoms with van der Waals surface area (Å²) in [5.74, 6) is 0.400. The SMILES string of the molecule is CC(=O)NCc1c(-c2ccco2)[nH]c(C)cc1=O. The minimum absolute atomic E-state index is 0.119. The van der Waals surface area contributed by atoms with E-state index in [-0.39, 0.29) is 17.9 Å². The standard InChI is InChI=1S/C13H14N2O3/c1-8-6-11(17)10(7-14-9(2)16)13(15-8)12-4-3-5-18-12/h3-6H,7H2,1-2H3,(H,14,16)(H,15,17). The summed E-state index contributed by atoms with van der Waals surface area (Å²) in [6.45, 7) is 3.39. The van der Waals surface area contributed by atoms with Gasteiger partial charge in [0.25, 0.3) is 0 Å². The third-order valence-corrected chi connectivity index (χ3v) is 2.55. The van der Waals surface area contributed by atoms with Gasteiger partial charge in [0.15, 0.2) is 11.2 Å². The molecule has 0 radical (unpaired) electrons. The van der Waals surface area contributed by atoms with Crippen molar-refractivity contribution < 1.29 is 9.21 Å². The smallest absolute Gasteiger partial charge is 0.217 e. The van der Waals surface area contributed by atoms with Crippen molar-refractivity contribution in [3.8, 4) is 11.5 Å². The summed E-state index contributed by atoms with van der Waals surface area (Å²) >= 11 is 0. The Labute approximate surface area is 104 Å². The first-order chi connectivity index (χ1) is 8.58. The van der Waals surface area contributed by atoms with Gasteiger partial charge in [0.05, 0.1) is 12.0 Å². The van der Waals surface area contributed by atoms with Crippen LogP contribution in [0.4, 0.5) is 0 Å². The third-order valence-electron chi connectivity index (χ3n) is 2.55.